The van der Waals surface area contributed by atoms with E-state index in [1.165, 1.54) is 0 Å². The van der Waals surface area contributed by atoms with Gasteiger partial charge in [-0.1, -0.05) is 0 Å². The number of rotatable bonds is 4. The van der Waals surface area contributed by atoms with Crippen molar-refractivity contribution in [1.82, 2.24) is 24.4 Å². The molecular formula is C29H29F4N7O2. The van der Waals surface area contributed by atoms with Gasteiger partial charge in [-0.05, 0) is 57.5 Å². The topological polar surface area (TPSA) is 88.4 Å². The SMILES string of the molecule is Cc1cc(-c2nc(Nc3ccc4c(c3)OCC3CN(C(=O)C(F)(F)F)CCN43)ncc2F)cc2c1nc(C)n2C(C)C. The van der Waals surface area contributed by atoms with E-state index in [1.807, 2.05) is 30.9 Å². The summed E-state index contributed by atoms with van der Waals surface area (Å²) in [5, 5.41) is 3.10. The maximum atomic E-state index is 15.0. The van der Waals surface area contributed by atoms with Crippen LogP contribution in [0.2, 0.25) is 0 Å². The summed E-state index contributed by atoms with van der Waals surface area (Å²) in [5.41, 5.74) is 4.74. The lowest BCUT2D eigenvalue weighted by atomic mass is 10.1. The van der Waals surface area contributed by atoms with Crippen LogP contribution in [0, 0.1) is 19.7 Å². The molecule has 42 heavy (non-hydrogen) atoms. The predicted octanol–water partition coefficient (Wildman–Crippen LogP) is 5.55. The smallest absolute Gasteiger partial charge is 0.471 e. The van der Waals surface area contributed by atoms with Gasteiger partial charge < -0.3 is 24.4 Å². The van der Waals surface area contributed by atoms with Crippen molar-refractivity contribution in [2.75, 3.05) is 36.5 Å². The van der Waals surface area contributed by atoms with Crippen molar-refractivity contribution in [3.8, 4) is 17.0 Å². The highest BCUT2D eigenvalue weighted by molar-refractivity contribution is 5.85. The quantitative estimate of drug-likeness (QED) is 0.316. The van der Waals surface area contributed by atoms with Crippen molar-refractivity contribution < 1.29 is 27.1 Å². The van der Waals surface area contributed by atoms with Crippen LogP contribution < -0.4 is 15.0 Å². The summed E-state index contributed by atoms with van der Waals surface area (Å²) in [4.78, 5) is 27.8. The van der Waals surface area contributed by atoms with Crippen LogP contribution in [0.5, 0.6) is 5.75 Å². The third-order valence-electron chi connectivity index (χ3n) is 7.67. The fourth-order valence-corrected chi connectivity index (χ4v) is 5.84. The molecule has 4 aromatic rings. The number of nitrogens with zero attached hydrogens (tertiary/aromatic N) is 6. The molecule has 1 atom stereocenters. The van der Waals surface area contributed by atoms with E-state index < -0.39 is 23.9 Å². The average molecular weight is 584 g/mol. The molecule has 1 fully saturated rings. The third kappa shape index (κ3) is 4.86. The summed E-state index contributed by atoms with van der Waals surface area (Å²) >= 11 is 0. The van der Waals surface area contributed by atoms with E-state index in [9.17, 15) is 18.0 Å². The Morgan fingerprint density at radius 2 is 1.90 bits per heavy atom. The molecule has 2 aromatic heterocycles. The van der Waals surface area contributed by atoms with Crippen molar-refractivity contribution in [1.29, 1.82) is 0 Å². The number of alkyl halides is 3. The number of carbonyl (C=O) groups excluding carboxylic acids is 1. The number of nitrogens with one attached hydrogen (secondary N) is 1. The first kappa shape index (κ1) is 27.7. The first-order valence-corrected chi connectivity index (χ1v) is 13.6. The highest BCUT2D eigenvalue weighted by Crippen LogP contribution is 2.38. The fourth-order valence-electron chi connectivity index (χ4n) is 5.84. The minimum Gasteiger partial charge on any atom is -0.489 e. The Kier molecular flexibility index (Phi) is 6.70. The molecule has 1 unspecified atom stereocenters. The number of ether oxygens (including phenoxy) is 1. The largest absolute Gasteiger partial charge is 0.489 e. The average Bonchev–Trinajstić information content (AvgIpc) is 3.29. The van der Waals surface area contributed by atoms with Crippen LogP contribution >= 0.6 is 0 Å². The lowest BCUT2D eigenvalue weighted by Crippen LogP contribution is -2.60. The van der Waals surface area contributed by atoms with E-state index in [-0.39, 0.29) is 43.9 Å². The number of amides is 1. The Morgan fingerprint density at radius 3 is 2.64 bits per heavy atom. The Balaban J connectivity index is 1.24. The first-order chi connectivity index (χ1) is 19.9. The monoisotopic (exact) mass is 583 g/mol. The number of anilines is 3. The molecule has 1 saturated heterocycles. The lowest BCUT2D eigenvalue weighted by Gasteiger charge is -2.45. The minimum absolute atomic E-state index is 0.0384. The standard InChI is InChI=1S/C29H29F4N7O2/c1-15(2)40-17(4)35-25-16(3)9-18(10-23(25)40)26-21(30)12-34-28(37-26)36-19-5-6-22-24(11-19)42-14-20-13-38(7-8-39(20)22)27(41)29(31,32)33/h5-6,9-12,15,20H,7-8,13-14H2,1-4H3,(H,34,36,37). The Morgan fingerprint density at radius 1 is 1.12 bits per heavy atom. The first-order valence-electron chi connectivity index (χ1n) is 13.6. The fraction of sp³-hybridized carbons (Fsp3) is 0.379. The molecule has 220 valence electrons. The zero-order valence-electron chi connectivity index (χ0n) is 23.5. The number of imidazole rings is 1. The van der Waals surface area contributed by atoms with Gasteiger partial charge in [0, 0.05) is 43.0 Å². The molecule has 1 N–H and O–H groups in total. The van der Waals surface area contributed by atoms with E-state index in [0.717, 1.165) is 39.2 Å². The maximum Gasteiger partial charge on any atom is 0.471 e. The van der Waals surface area contributed by atoms with E-state index >= 15 is 4.39 Å². The number of piperazine rings is 1. The highest BCUT2D eigenvalue weighted by atomic mass is 19.4. The number of benzene rings is 2. The van der Waals surface area contributed by atoms with Crippen molar-refractivity contribution in [2.45, 2.75) is 46.0 Å². The lowest BCUT2D eigenvalue weighted by molar-refractivity contribution is -0.186. The van der Waals surface area contributed by atoms with Crippen LogP contribution in [0.25, 0.3) is 22.3 Å². The molecule has 0 bridgehead atoms. The van der Waals surface area contributed by atoms with Crippen LogP contribution in [0.4, 0.5) is 34.9 Å². The van der Waals surface area contributed by atoms with Gasteiger partial charge in [0.25, 0.3) is 0 Å². The third-order valence-corrected chi connectivity index (χ3v) is 7.67. The molecule has 0 aliphatic carbocycles. The van der Waals surface area contributed by atoms with Crippen LogP contribution in [0.3, 0.4) is 0 Å². The maximum absolute atomic E-state index is 15.0. The zero-order valence-corrected chi connectivity index (χ0v) is 23.5. The normalized spacial score (nSPS) is 16.8. The van der Waals surface area contributed by atoms with E-state index in [4.69, 9.17) is 9.72 Å². The number of aromatic nitrogens is 4. The summed E-state index contributed by atoms with van der Waals surface area (Å²) in [7, 11) is 0. The number of aryl methyl sites for hydroxylation is 2. The summed E-state index contributed by atoms with van der Waals surface area (Å²) in [6.45, 7) is 8.29. The zero-order chi connectivity index (χ0) is 29.9. The molecule has 13 heteroatoms. The molecule has 2 aliphatic heterocycles. The van der Waals surface area contributed by atoms with Crippen molar-refractivity contribution in [2.24, 2.45) is 0 Å². The van der Waals surface area contributed by atoms with Gasteiger partial charge in [0.15, 0.2) is 5.82 Å². The van der Waals surface area contributed by atoms with E-state index in [1.54, 1.807) is 18.2 Å². The summed E-state index contributed by atoms with van der Waals surface area (Å²) in [6.07, 6.45) is -3.78. The van der Waals surface area contributed by atoms with E-state index in [0.29, 0.717) is 17.0 Å². The molecule has 0 spiro atoms. The summed E-state index contributed by atoms with van der Waals surface area (Å²) in [5.74, 6) is -0.793. The molecule has 1 amide bonds. The van der Waals surface area contributed by atoms with Crippen molar-refractivity contribution in [3.63, 3.8) is 0 Å². The Labute approximate surface area is 239 Å². The van der Waals surface area contributed by atoms with E-state index in [2.05, 4.69) is 33.7 Å². The van der Waals surface area contributed by atoms with Crippen molar-refractivity contribution >= 4 is 34.3 Å². The summed E-state index contributed by atoms with van der Waals surface area (Å²) < 4.78 is 61.7. The number of carbonyl (C=O) groups is 1. The molecule has 9 nitrogen and oxygen atoms in total. The molecule has 0 radical (unpaired) electrons. The summed E-state index contributed by atoms with van der Waals surface area (Å²) in [6, 6.07) is 8.83. The second-order valence-corrected chi connectivity index (χ2v) is 10.9. The Hall–Kier alpha value is -4.42. The molecule has 0 saturated carbocycles. The van der Waals surface area contributed by atoms with Crippen LogP contribution in [-0.4, -0.2) is 68.8 Å². The Bertz CT molecular complexity index is 1700. The second kappa shape index (κ2) is 10.1. The van der Waals surface area contributed by atoms with Gasteiger partial charge in [-0.2, -0.15) is 13.2 Å². The number of halogens is 4. The number of hydrogen-bond donors (Lipinski definition) is 1. The molecule has 2 aromatic carbocycles. The number of hydrogen-bond acceptors (Lipinski definition) is 7. The molecule has 2 aliphatic rings. The van der Waals surface area contributed by atoms with Gasteiger partial charge in [0.2, 0.25) is 5.95 Å². The van der Waals surface area contributed by atoms with Crippen LogP contribution in [0.15, 0.2) is 36.5 Å². The predicted molar refractivity (Wildman–Crippen MR) is 150 cm³/mol. The minimum atomic E-state index is -4.90. The molecule has 6 rings (SSSR count). The molecule has 4 heterocycles. The van der Waals surface area contributed by atoms with Gasteiger partial charge in [0.05, 0.1) is 29.0 Å². The van der Waals surface area contributed by atoms with Gasteiger partial charge in [-0.25, -0.2) is 19.3 Å². The van der Waals surface area contributed by atoms with Gasteiger partial charge in [-0.15, -0.1) is 0 Å². The van der Waals surface area contributed by atoms with Gasteiger partial charge in [-0.3, -0.25) is 4.79 Å². The van der Waals surface area contributed by atoms with Crippen molar-refractivity contribution in [3.05, 3.63) is 53.7 Å². The highest BCUT2D eigenvalue weighted by Gasteiger charge is 2.45. The van der Waals surface area contributed by atoms with Crippen LogP contribution in [0.1, 0.15) is 31.3 Å². The van der Waals surface area contributed by atoms with Gasteiger partial charge >= 0.3 is 12.1 Å². The second-order valence-electron chi connectivity index (χ2n) is 10.9. The molecular weight excluding hydrogens is 554 g/mol. The number of fused-ring (bicyclic) bond motifs is 4. The van der Waals surface area contributed by atoms with Gasteiger partial charge in [0.1, 0.15) is 23.9 Å². The van der Waals surface area contributed by atoms with Crippen LogP contribution in [-0.2, 0) is 4.79 Å².